The molecule has 7 nitrogen and oxygen atoms in total. The summed E-state index contributed by atoms with van der Waals surface area (Å²) >= 11 is 0. The van der Waals surface area contributed by atoms with E-state index in [1.807, 2.05) is 30.3 Å². The fourth-order valence-corrected chi connectivity index (χ4v) is 3.54. The molecule has 0 bridgehead atoms. The normalized spacial score (nSPS) is 23.2. The summed E-state index contributed by atoms with van der Waals surface area (Å²) in [5.41, 5.74) is 0.473. The SMILES string of the molecule is CO[C@@H]1[C@@H](C(=O)OCc2ccccc2)CC[C@H]1n1nncc1C(C)(C)O. The fourth-order valence-electron chi connectivity index (χ4n) is 3.54. The van der Waals surface area contributed by atoms with Crippen LogP contribution < -0.4 is 0 Å². The first-order chi connectivity index (χ1) is 12.4. The van der Waals surface area contributed by atoms with Crippen LogP contribution in [-0.4, -0.2) is 39.3 Å². The zero-order chi connectivity index (χ0) is 18.7. The number of carbonyl (C=O) groups excluding carboxylic acids is 1. The van der Waals surface area contributed by atoms with Gasteiger partial charge in [-0.2, -0.15) is 0 Å². The molecule has 7 heteroatoms. The molecular formula is C19H25N3O4. The van der Waals surface area contributed by atoms with Gasteiger partial charge < -0.3 is 14.6 Å². The highest BCUT2D eigenvalue weighted by Gasteiger charge is 2.44. The highest BCUT2D eigenvalue weighted by molar-refractivity contribution is 5.73. The lowest BCUT2D eigenvalue weighted by molar-refractivity contribution is -0.154. The molecule has 1 aliphatic rings. The van der Waals surface area contributed by atoms with Crippen LogP contribution in [0.4, 0.5) is 0 Å². The predicted molar refractivity (Wildman–Crippen MR) is 94.1 cm³/mol. The Morgan fingerprint density at radius 1 is 1.31 bits per heavy atom. The number of aliphatic hydroxyl groups is 1. The second kappa shape index (κ2) is 7.55. The summed E-state index contributed by atoms with van der Waals surface area (Å²) < 4.78 is 12.8. The Bertz CT molecular complexity index is 739. The highest BCUT2D eigenvalue weighted by Crippen LogP contribution is 2.39. The first kappa shape index (κ1) is 18.5. The van der Waals surface area contributed by atoms with Gasteiger partial charge in [-0.25, -0.2) is 4.68 Å². The maximum Gasteiger partial charge on any atom is 0.311 e. The summed E-state index contributed by atoms with van der Waals surface area (Å²) in [4.78, 5) is 12.6. The van der Waals surface area contributed by atoms with Crippen LogP contribution in [0.3, 0.4) is 0 Å². The van der Waals surface area contributed by atoms with E-state index >= 15 is 0 Å². The van der Waals surface area contributed by atoms with Gasteiger partial charge in [0.25, 0.3) is 0 Å². The monoisotopic (exact) mass is 359 g/mol. The van der Waals surface area contributed by atoms with Crippen LogP contribution in [0.1, 0.15) is 44.0 Å². The largest absolute Gasteiger partial charge is 0.461 e. The summed E-state index contributed by atoms with van der Waals surface area (Å²) in [6, 6.07) is 9.42. The van der Waals surface area contributed by atoms with Crippen molar-refractivity contribution in [1.29, 1.82) is 0 Å². The number of rotatable bonds is 6. The van der Waals surface area contributed by atoms with Crippen molar-refractivity contribution >= 4 is 5.97 Å². The molecule has 1 fully saturated rings. The Kier molecular flexibility index (Phi) is 5.38. The second-order valence-corrected chi connectivity index (χ2v) is 7.17. The van der Waals surface area contributed by atoms with Crippen molar-refractivity contribution in [2.45, 2.75) is 51.0 Å². The lowest BCUT2D eigenvalue weighted by Crippen LogP contribution is -2.34. The topological polar surface area (TPSA) is 86.5 Å². The Morgan fingerprint density at radius 3 is 2.69 bits per heavy atom. The molecule has 1 N–H and O–H groups in total. The van der Waals surface area contributed by atoms with E-state index in [0.717, 1.165) is 5.56 Å². The highest BCUT2D eigenvalue weighted by atomic mass is 16.5. The van der Waals surface area contributed by atoms with Crippen molar-refractivity contribution in [2.24, 2.45) is 5.92 Å². The molecule has 140 valence electrons. The number of methoxy groups -OCH3 is 1. The van der Waals surface area contributed by atoms with Crippen LogP contribution in [0, 0.1) is 5.92 Å². The molecule has 1 heterocycles. The number of carbonyl (C=O) groups is 1. The predicted octanol–water partition coefficient (Wildman–Crippen LogP) is 2.22. The Labute approximate surface area is 152 Å². The number of hydrogen-bond donors (Lipinski definition) is 1. The van der Waals surface area contributed by atoms with Crippen molar-refractivity contribution < 1.29 is 19.4 Å². The van der Waals surface area contributed by atoms with Gasteiger partial charge in [0.05, 0.1) is 30.0 Å². The Morgan fingerprint density at radius 2 is 2.04 bits per heavy atom. The fraction of sp³-hybridized carbons (Fsp3) is 0.526. The standard InChI is InChI=1S/C19H25N3O4/c1-19(2,24)16-11-20-21-22(16)15-10-9-14(17(15)25-3)18(23)26-12-13-7-5-4-6-8-13/h4-8,11,14-15,17,24H,9-10,12H2,1-3H3/t14-,15+,17+/m0/s1. The van der Waals surface area contributed by atoms with Crippen molar-refractivity contribution in [3.63, 3.8) is 0 Å². The van der Waals surface area contributed by atoms with Gasteiger partial charge in [0, 0.05) is 7.11 Å². The molecule has 1 aromatic heterocycles. The molecule has 0 amide bonds. The zero-order valence-corrected chi connectivity index (χ0v) is 15.3. The minimum Gasteiger partial charge on any atom is -0.461 e. The first-order valence-electron chi connectivity index (χ1n) is 8.78. The van der Waals surface area contributed by atoms with Crippen LogP contribution >= 0.6 is 0 Å². The molecule has 3 rings (SSSR count). The molecule has 0 spiro atoms. The number of benzene rings is 1. The summed E-state index contributed by atoms with van der Waals surface area (Å²) in [5, 5.41) is 18.4. The number of nitrogens with zero attached hydrogens (tertiary/aromatic N) is 3. The molecule has 0 saturated heterocycles. The summed E-state index contributed by atoms with van der Waals surface area (Å²) in [6.45, 7) is 3.62. The van der Waals surface area contributed by atoms with Crippen LogP contribution in [0.25, 0.3) is 0 Å². The third-order valence-corrected chi connectivity index (χ3v) is 4.86. The first-order valence-corrected chi connectivity index (χ1v) is 8.78. The van der Waals surface area contributed by atoms with E-state index < -0.39 is 5.60 Å². The van der Waals surface area contributed by atoms with Gasteiger partial charge >= 0.3 is 5.97 Å². The van der Waals surface area contributed by atoms with Crippen LogP contribution in [0.5, 0.6) is 0 Å². The second-order valence-electron chi connectivity index (χ2n) is 7.17. The van der Waals surface area contributed by atoms with Crippen LogP contribution in [0.2, 0.25) is 0 Å². The van der Waals surface area contributed by atoms with Gasteiger partial charge in [-0.1, -0.05) is 35.5 Å². The van der Waals surface area contributed by atoms with E-state index in [9.17, 15) is 9.90 Å². The number of ether oxygens (including phenoxy) is 2. The van der Waals surface area contributed by atoms with Crippen molar-refractivity contribution in [1.82, 2.24) is 15.0 Å². The van der Waals surface area contributed by atoms with E-state index in [1.54, 1.807) is 31.8 Å². The van der Waals surface area contributed by atoms with E-state index in [0.29, 0.717) is 18.5 Å². The van der Waals surface area contributed by atoms with Gasteiger partial charge in [-0.3, -0.25) is 4.79 Å². The number of hydrogen-bond acceptors (Lipinski definition) is 6. The molecule has 3 atom stereocenters. The average Bonchev–Trinajstić information content (AvgIpc) is 3.26. The molecule has 1 saturated carbocycles. The van der Waals surface area contributed by atoms with E-state index in [-0.39, 0.29) is 30.6 Å². The van der Waals surface area contributed by atoms with Crippen molar-refractivity contribution in [3.8, 4) is 0 Å². The van der Waals surface area contributed by atoms with E-state index in [1.165, 1.54) is 0 Å². The molecule has 0 radical (unpaired) electrons. The third-order valence-electron chi connectivity index (χ3n) is 4.86. The number of aromatic nitrogens is 3. The average molecular weight is 359 g/mol. The van der Waals surface area contributed by atoms with Gasteiger partial charge in [-0.05, 0) is 32.3 Å². The molecular weight excluding hydrogens is 334 g/mol. The third kappa shape index (κ3) is 3.78. The molecule has 2 aromatic rings. The zero-order valence-electron chi connectivity index (χ0n) is 15.3. The number of esters is 1. The summed E-state index contributed by atoms with van der Waals surface area (Å²) in [7, 11) is 1.58. The Balaban J connectivity index is 1.71. The van der Waals surface area contributed by atoms with Gasteiger partial charge in [0.2, 0.25) is 0 Å². The lowest BCUT2D eigenvalue weighted by atomic mass is 10.0. The van der Waals surface area contributed by atoms with E-state index in [2.05, 4.69) is 10.3 Å². The van der Waals surface area contributed by atoms with Crippen LogP contribution in [-0.2, 0) is 26.5 Å². The van der Waals surface area contributed by atoms with Gasteiger partial charge in [0.15, 0.2) is 0 Å². The molecule has 0 unspecified atom stereocenters. The quantitative estimate of drug-likeness (QED) is 0.796. The smallest absolute Gasteiger partial charge is 0.311 e. The minimum atomic E-state index is -1.08. The lowest BCUT2D eigenvalue weighted by Gasteiger charge is -2.26. The summed E-state index contributed by atoms with van der Waals surface area (Å²) in [6.07, 6.45) is 2.52. The van der Waals surface area contributed by atoms with Gasteiger partial charge in [-0.15, -0.1) is 5.10 Å². The Hall–Kier alpha value is -2.25. The minimum absolute atomic E-state index is 0.168. The molecule has 1 aromatic carbocycles. The van der Waals surface area contributed by atoms with Crippen molar-refractivity contribution in [2.75, 3.05) is 7.11 Å². The van der Waals surface area contributed by atoms with Crippen molar-refractivity contribution in [3.05, 3.63) is 47.8 Å². The maximum atomic E-state index is 12.6. The molecule has 26 heavy (non-hydrogen) atoms. The van der Waals surface area contributed by atoms with Gasteiger partial charge in [0.1, 0.15) is 12.2 Å². The maximum absolute atomic E-state index is 12.6. The summed E-state index contributed by atoms with van der Waals surface area (Å²) in [5.74, 6) is -0.638. The van der Waals surface area contributed by atoms with Crippen LogP contribution in [0.15, 0.2) is 36.5 Å². The van der Waals surface area contributed by atoms with E-state index in [4.69, 9.17) is 9.47 Å². The molecule has 0 aliphatic heterocycles. The molecule has 1 aliphatic carbocycles.